The molecule has 1 N–H and O–H groups in total. The Labute approximate surface area is 132 Å². The molecule has 0 unspecified atom stereocenters. The maximum atomic E-state index is 6.13. The number of hydrogen-bond acceptors (Lipinski definition) is 3. The standard InChI is InChI=1S/C19H23NO2/c1-3-7-15-8-4-5-11-18(15)22-17-10-6-9-16(12-17)19(2)13-20-14-21-19/h4-6,8-12,20H,3,7,13-14H2,1-2H3/t19-/m0/s1. The number of para-hydroxylation sites is 1. The third-order valence-electron chi connectivity index (χ3n) is 4.12. The molecular weight excluding hydrogens is 274 g/mol. The highest BCUT2D eigenvalue weighted by atomic mass is 16.5. The van der Waals surface area contributed by atoms with Crippen LogP contribution in [0.25, 0.3) is 0 Å². The molecule has 1 aliphatic heterocycles. The Bertz CT molecular complexity index is 633. The molecule has 3 rings (SSSR count). The van der Waals surface area contributed by atoms with Gasteiger partial charge in [0.1, 0.15) is 17.1 Å². The van der Waals surface area contributed by atoms with Gasteiger partial charge in [-0.25, -0.2) is 0 Å². The molecule has 116 valence electrons. The number of hydrogen-bond donors (Lipinski definition) is 1. The van der Waals surface area contributed by atoms with Crippen LogP contribution in [0.5, 0.6) is 11.5 Å². The van der Waals surface area contributed by atoms with E-state index >= 15 is 0 Å². The van der Waals surface area contributed by atoms with Crippen LogP contribution in [0.3, 0.4) is 0 Å². The van der Waals surface area contributed by atoms with Crippen molar-refractivity contribution in [2.24, 2.45) is 0 Å². The fourth-order valence-electron chi connectivity index (χ4n) is 2.83. The molecule has 0 radical (unpaired) electrons. The lowest BCUT2D eigenvalue weighted by Crippen LogP contribution is -2.26. The van der Waals surface area contributed by atoms with Crippen LogP contribution in [0.1, 0.15) is 31.4 Å². The van der Waals surface area contributed by atoms with Crippen molar-refractivity contribution in [1.82, 2.24) is 5.32 Å². The third kappa shape index (κ3) is 3.16. The van der Waals surface area contributed by atoms with Crippen molar-refractivity contribution in [2.75, 3.05) is 13.3 Å². The quantitative estimate of drug-likeness (QED) is 0.896. The van der Waals surface area contributed by atoms with Gasteiger partial charge in [0, 0.05) is 6.54 Å². The molecule has 0 spiro atoms. The van der Waals surface area contributed by atoms with Crippen molar-refractivity contribution in [2.45, 2.75) is 32.3 Å². The number of benzene rings is 2. The summed E-state index contributed by atoms with van der Waals surface area (Å²) >= 11 is 0. The molecule has 0 bridgehead atoms. The predicted octanol–water partition coefficient (Wildman–Crippen LogP) is 4.22. The number of rotatable bonds is 5. The Kier molecular flexibility index (Phi) is 4.46. The van der Waals surface area contributed by atoms with Gasteiger partial charge in [0.2, 0.25) is 0 Å². The van der Waals surface area contributed by atoms with Crippen LogP contribution in [-0.2, 0) is 16.8 Å². The van der Waals surface area contributed by atoms with Crippen LogP contribution in [0.2, 0.25) is 0 Å². The average Bonchev–Trinajstić information content (AvgIpc) is 2.98. The monoisotopic (exact) mass is 297 g/mol. The van der Waals surface area contributed by atoms with E-state index < -0.39 is 0 Å². The van der Waals surface area contributed by atoms with Crippen molar-refractivity contribution in [3.05, 3.63) is 59.7 Å². The van der Waals surface area contributed by atoms with Crippen LogP contribution in [-0.4, -0.2) is 13.3 Å². The molecule has 3 heteroatoms. The zero-order valence-electron chi connectivity index (χ0n) is 13.3. The zero-order chi connectivity index (χ0) is 15.4. The van der Waals surface area contributed by atoms with Gasteiger partial charge in [0.25, 0.3) is 0 Å². The van der Waals surface area contributed by atoms with Crippen LogP contribution >= 0.6 is 0 Å². The number of nitrogens with one attached hydrogen (secondary N) is 1. The highest BCUT2D eigenvalue weighted by Crippen LogP contribution is 2.32. The second-order valence-electron chi connectivity index (χ2n) is 5.93. The maximum absolute atomic E-state index is 6.13. The largest absolute Gasteiger partial charge is 0.457 e. The minimum atomic E-state index is -0.275. The van der Waals surface area contributed by atoms with Crippen molar-refractivity contribution in [1.29, 1.82) is 0 Å². The summed E-state index contributed by atoms with van der Waals surface area (Å²) < 4.78 is 12.0. The highest BCUT2D eigenvalue weighted by molar-refractivity contribution is 5.40. The van der Waals surface area contributed by atoms with E-state index in [4.69, 9.17) is 9.47 Å². The second kappa shape index (κ2) is 6.51. The van der Waals surface area contributed by atoms with E-state index in [0.29, 0.717) is 6.73 Å². The summed E-state index contributed by atoms with van der Waals surface area (Å²) in [6, 6.07) is 16.4. The molecule has 22 heavy (non-hydrogen) atoms. The Morgan fingerprint density at radius 3 is 2.82 bits per heavy atom. The molecule has 0 aromatic heterocycles. The summed E-state index contributed by atoms with van der Waals surface area (Å²) in [5.41, 5.74) is 2.12. The van der Waals surface area contributed by atoms with E-state index in [1.165, 1.54) is 5.56 Å². The fraction of sp³-hybridized carbons (Fsp3) is 0.368. The maximum Gasteiger partial charge on any atom is 0.130 e. The van der Waals surface area contributed by atoms with Gasteiger partial charge in [-0.3, -0.25) is 5.32 Å². The molecule has 0 saturated carbocycles. The topological polar surface area (TPSA) is 30.5 Å². The SMILES string of the molecule is CCCc1ccccc1Oc1cccc([C@]2(C)CNCO2)c1. The van der Waals surface area contributed by atoms with E-state index in [-0.39, 0.29) is 5.60 Å². The molecule has 2 aromatic carbocycles. The van der Waals surface area contributed by atoms with Gasteiger partial charge in [-0.15, -0.1) is 0 Å². The first-order valence-corrected chi connectivity index (χ1v) is 7.92. The highest BCUT2D eigenvalue weighted by Gasteiger charge is 2.31. The minimum Gasteiger partial charge on any atom is -0.457 e. The molecule has 0 aliphatic carbocycles. The molecule has 1 aliphatic rings. The molecule has 0 amide bonds. The van der Waals surface area contributed by atoms with Gasteiger partial charge >= 0.3 is 0 Å². The lowest BCUT2D eigenvalue weighted by molar-refractivity contribution is 0.0233. The average molecular weight is 297 g/mol. The normalized spacial score (nSPS) is 21.0. The third-order valence-corrected chi connectivity index (χ3v) is 4.12. The Balaban J connectivity index is 1.84. The van der Waals surface area contributed by atoms with E-state index in [1.807, 2.05) is 24.3 Å². The molecular formula is C19H23NO2. The summed E-state index contributed by atoms with van der Waals surface area (Å²) in [6.07, 6.45) is 2.14. The van der Waals surface area contributed by atoms with Gasteiger partial charge in [0.05, 0.1) is 6.73 Å². The second-order valence-corrected chi connectivity index (χ2v) is 5.93. The number of aryl methyl sites for hydroxylation is 1. The van der Waals surface area contributed by atoms with Crippen molar-refractivity contribution < 1.29 is 9.47 Å². The first kappa shape index (κ1) is 15.1. The van der Waals surface area contributed by atoms with Crippen LogP contribution in [0.4, 0.5) is 0 Å². The molecule has 1 fully saturated rings. The van der Waals surface area contributed by atoms with Gasteiger partial charge in [-0.1, -0.05) is 43.7 Å². The van der Waals surface area contributed by atoms with E-state index in [1.54, 1.807) is 0 Å². The molecule has 3 nitrogen and oxygen atoms in total. The smallest absolute Gasteiger partial charge is 0.130 e. The Morgan fingerprint density at radius 1 is 1.18 bits per heavy atom. The Morgan fingerprint density at radius 2 is 2.05 bits per heavy atom. The minimum absolute atomic E-state index is 0.275. The molecule has 2 aromatic rings. The molecule has 1 saturated heterocycles. The Hall–Kier alpha value is -1.84. The van der Waals surface area contributed by atoms with Gasteiger partial charge in [-0.05, 0) is 42.7 Å². The summed E-state index contributed by atoms with van der Waals surface area (Å²) in [7, 11) is 0. The van der Waals surface area contributed by atoms with Gasteiger partial charge in [-0.2, -0.15) is 0 Å². The fourth-order valence-corrected chi connectivity index (χ4v) is 2.83. The lowest BCUT2D eigenvalue weighted by atomic mass is 9.96. The van der Waals surface area contributed by atoms with E-state index in [0.717, 1.165) is 36.4 Å². The van der Waals surface area contributed by atoms with Crippen molar-refractivity contribution in [3.8, 4) is 11.5 Å². The predicted molar refractivity (Wildman–Crippen MR) is 88.3 cm³/mol. The van der Waals surface area contributed by atoms with E-state index in [9.17, 15) is 0 Å². The summed E-state index contributed by atoms with van der Waals surface area (Å²) in [4.78, 5) is 0. The van der Waals surface area contributed by atoms with Crippen LogP contribution in [0.15, 0.2) is 48.5 Å². The van der Waals surface area contributed by atoms with Crippen molar-refractivity contribution in [3.63, 3.8) is 0 Å². The lowest BCUT2D eigenvalue weighted by Gasteiger charge is -2.23. The first-order chi connectivity index (χ1) is 10.7. The van der Waals surface area contributed by atoms with Crippen LogP contribution < -0.4 is 10.1 Å². The zero-order valence-corrected chi connectivity index (χ0v) is 13.3. The van der Waals surface area contributed by atoms with Crippen LogP contribution in [0, 0.1) is 0 Å². The summed E-state index contributed by atoms with van der Waals surface area (Å²) in [6.45, 7) is 5.71. The first-order valence-electron chi connectivity index (χ1n) is 7.92. The van der Waals surface area contributed by atoms with E-state index in [2.05, 4.69) is 43.4 Å². The summed E-state index contributed by atoms with van der Waals surface area (Å²) in [5, 5.41) is 3.24. The molecule has 1 heterocycles. The van der Waals surface area contributed by atoms with Gasteiger partial charge in [0.15, 0.2) is 0 Å². The number of ether oxygens (including phenoxy) is 2. The molecule has 1 atom stereocenters. The summed E-state index contributed by atoms with van der Waals surface area (Å²) in [5.74, 6) is 1.80. The van der Waals surface area contributed by atoms with Crippen molar-refractivity contribution >= 4 is 0 Å². The van der Waals surface area contributed by atoms with Gasteiger partial charge < -0.3 is 9.47 Å².